The summed E-state index contributed by atoms with van der Waals surface area (Å²) in [6.45, 7) is 7.15. The molecule has 0 radical (unpaired) electrons. The number of nitrogens with one attached hydrogen (secondary N) is 2. The van der Waals surface area contributed by atoms with E-state index < -0.39 is 48.6 Å². The minimum absolute atomic E-state index is 0.0290. The quantitative estimate of drug-likeness (QED) is 0.295. The summed E-state index contributed by atoms with van der Waals surface area (Å²) < 4.78 is 0. The molecule has 30 heavy (non-hydrogen) atoms. The Morgan fingerprint density at radius 2 is 1.77 bits per heavy atom. The highest BCUT2D eigenvalue weighted by molar-refractivity contribution is 5.94. The van der Waals surface area contributed by atoms with E-state index in [1.165, 1.54) is 4.90 Å². The Morgan fingerprint density at radius 3 is 2.27 bits per heavy atom. The van der Waals surface area contributed by atoms with E-state index in [1.54, 1.807) is 0 Å². The van der Waals surface area contributed by atoms with Crippen LogP contribution in [0.2, 0.25) is 0 Å². The summed E-state index contributed by atoms with van der Waals surface area (Å²) in [5.41, 5.74) is 6.03. The molecule has 6 N–H and O–H groups in total. The average molecular weight is 429 g/mol. The van der Waals surface area contributed by atoms with Gasteiger partial charge in [0.2, 0.25) is 17.7 Å². The molecule has 5 unspecified atom stereocenters. The molecule has 172 valence electrons. The van der Waals surface area contributed by atoms with Gasteiger partial charge < -0.3 is 31.5 Å². The van der Waals surface area contributed by atoms with Crippen molar-refractivity contribution < 1.29 is 29.4 Å². The van der Waals surface area contributed by atoms with Gasteiger partial charge in [0.15, 0.2) is 0 Å². The van der Waals surface area contributed by atoms with Crippen molar-refractivity contribution in [2.45, 2.75) is 77.5 Å². The number of hydrogen-bond acceptors (Lipinski definition) is 6. The van der Waals surface area contributed by atoms with Crippen LogP contribution in [-0.2, 0) is 19.2 Å². The molecular weight excluding hydrogens is 392 g/mol. The fraction of sp³-hybridized carbons (Fsp3) is 0.800. The van der Waals surface area contributed by atoms with Gasteiger partial charge in [-0.3, -0.25) is 14.4 Å². The highest BCUT2D eigenvalue weighted by atomic mass is 16.4. The third-order valence-electron chi connectivity index (χ3n) is 5.52. The summed E-state index contributed by atoms with van der Waals surface area (Å²) in [4.78, 5) is 50.6. The first-order valence-electron chi connectivity index (χ1n) is 10.5. The van der Waals surface area contributed by atoms with Crippen LogP contribution in [0, 0.1) is 11.8 Å². The third-order valence-corrected chi connectivity index (χ3v) is 5.52. The highest BCUT2D eigenvalue weighted by Gasteiger charge is 2.38. The monoisotopic (exact) mass is 428 g/mol. The van der Waals surface area contributed by atoms with Gasteiger partial charge in [-0.2, -0.15) is 0 Å². The Hall–Kier alpha value is -2.20. The molecule has 1 fully saturated rings. The van der Waals surface area contributed by atoms with Gasteiger partial charge in [-0.15, -0.1) is 0 Å². The lowest BCUT2D eigenvalue weighted by molar-refractivity contribution is -0.144. The van der Waals surface area contributed by atoms with Crippen molar-refractivity contribution >= 4 is 23.7 Å². The number of likely N-dealkylation sites (tertiary alicyclic amines) is 1. The van der Waals surface area contributed by atoms with E-state index in [-0.39, 0.29) is 24.2 Å². The normalized spacial score (nSPS) is 20.4. The van der Waals surface area contributed by atoms with Crippen LogP contribution in [0.3, 0.4) is 0 Å². The topological polar surface area (TPSA) is 162 Å². The van der Waals surface area contributed by atoms with E-state index >= 15 is 0 Å². The summed E-state index contributed by atoms with van der Waals surface area (Å²) >= 11 is 0. The van der Waals surface area contributed by atoms with Crippen LogP contribution in [0.25, 0.3) is 0 Å². The Balaban J connectivity index is 2.80. The van der Waals surface area contributed by atoms with Gasteiger partial charge in [-0.25, -0.2) is 4.79 Å². The molecule has 0 aromatic heterocycles. The number of carboxylic acid groups (broad SMARTS) is 1. The minimum atomic E-state index is -1.31. The second kappa shape index (κ2) is 11.8. The van der Waals surface area contributed by atoms with Crippen molar-refractivity contribution in [2.24, 2.45) is 17.6 Å². The SMILES string of the molecule is CCC(C)C(N)C(=O)N1CCCC1C(=O)NC(CO)C(=O)NC(CC(C)C)C(=O)O. The van der Waals surface area contributed by atoms with Crippen LogP contribution in [0.4, 0.5) is 0 Å². The number of nitrogens with two attached hydrogens (primary N) is 1. The molecule has 1 aliphatic heterocycles. The largest absolute Gasteiger partial charge is 0.480 e. The predicted molar refractivity (Wildman–Crippen MR) is 110 cm³/mol. The molecule has 0 aromatic rings. The number of rotatable bonds is 11. The number of amides is 3. The molecule has 1 rings (SSSR count). The molecule has 1 aliphatic rings. The lowest BCUT2D eigenvalue weighted by Gasteiger charge is -2.29. The van der Waals surface area contributed by atoms with E-state index in [0.29, 0.717) is 19.4 Å². The summed E-state index contributed by atoms with van der Waals surface area (Å²) in [5.74, 6) is -2.86. The van der Waals surface area contributed by atoms with Crippen LogP contribution in [0.5, 0.6) is 0 Å². The van der Waals surface area contributed by atoms with Crippen molar-refractivity contribution in [3.63, 3.8) is 0 Å². The van der Waals surface area contributed by atoms with Crippen LogP contribution < -0.4 is 16.4 Å². The molecule has 10 heteroatoms. The summed E-state index contributed by atoms with van der Waals surface area (Å²) in [7, 11) is 0. The zero-order valence-corrected chi connectivity index (χ0v) is 18.3. The molecular formula is C20H36N4O6. The zero-order valence-electron chi connectivity index (χ0n) is 18.3. The second-order valence-electron chi connectivity index (χ2n) is 8.37. The fourth-order valence-electron chi connectivity index (χ4n) is 3.42. The summed E-state index contributed by atoms with van der Waals surface area (Å²) in [5, 5.41) is 23.6. The third kappa shape index (κ3) is 6.94. The maximum atomic E-state index is 12.7. The Kier molecular flexibility index (Phi) is 10.2. The Labute approximate surface area is 177 Å². The molecule has 0 saturated carbocycles. The first-order valence-corrected chi connectivity index (χ1v) is 10.5. The standard InChI is InChI=1S/C20H36N4O6/c1-5-12(4)16(21)19(28)24-8-6-7-15(24)18(27)23-14(10-25)17(26)22-13(20(29)30)9-11(2)3/h11-16,25H,5-10,21H2,1-4H3,(H,22,26)(H,23,27)(H,29,30). The van der Waals surface area contributed by atoms with Gasteiger partial charge in [0.1, 0.15) is 18.1 Å². The van der Waals surface area contributed by atoms with E-state index in [1.807, 2.05) is 27.7 Å². The molecule has 3 amide bonds. The molecule has 0 spiro atoms. The lowest BCUT2D eigenvalue weighted by Crippen LogP contribution is -2.58. The van der Waals surface area contributed by atoms with Crippen LogP contribution in [0.1, 0.15) is 53.4 Å². The first-order chi connectivity index (χ1) is 14.0. The van der Waals surface area contributed by atoms with Crippen molar-refractivity contribution in [1.29, 1.82) is 0 Å². The number of carboxylic acids is 1. The van der Waals surface area contributed by atoms with Gasteiger partial charge in [0, 0.05) is 6.54 Å². The lowest BCUT2D eigenvalue weighted by atomic mass is 9.98. The molecule has 0 bridgehead atoms. The number of carbonyl (C=O) groups is 4. The van der Waals surface area contributed by atoms with Gasteiger partial charge in [-0.1, -0.05) is 34.1 Å². The van der Waals surface area contributed by atoms with Gasteiger partial charge in [-0.05, 0) is 31.1 Å². The van der Waals surface area contributed by atoms with E-state index in [4.69, 9.17) is 5.73 Å². The molecule has 10 nitrogen and oxygen atoms in total. The van der Waals surface area contributed by atoms with E-state index in [0.717, 1.165) is 6.42 Å². The number of hydrogen-bond donors (Lipinski definition) is 5. The van der Waals surface area contributed by atoms with Crippen molar-refractivity contribution in [3.8, 4) is 0 Å². The second-order valence-corrected chi connectivity index (χ2v) is 8.37. The summed E-state index contributed by atoms with van der Waals surface area (Å²) in [6.07, 6.45) is 2.00. The number of aliphatic hydroxyl groups is 1. The van der Waals surface area contributed by atoms with Gasteiger partial charge >= 0.3 is 5.97 Å². The maximum Gasteiger partial charge on any atom is 0.326 e. The number of aliphatic hydroxyl groups excluding tert-OH is 1. The van der Waals surface area contributed by atoms with E-state index in [9.17, 15) is 29.4 Å². The summed E-state index contributed by atoms with van der Waals surface area (Å²) in [6, 6.07) is -3.93. The molecule has 1 saturated heterocycles. The van der Waals surface area contributed by atoms with Crippen molar-refractivity contribution in [1.82, 2.24) is 15.5 Å². The van der Waals surface area contributed by atoms with Crippen LogP contribution >= 0.6 is 0 Å². The van der Waals surface area contributed by atoms with E-state index in [2.05, 4.69) is 10.6 Å². The highest BCUT2D eigenvalue weighted by Crippen LogP contribution is 2.20. The van der Waals surface area contributed by atoms with Crippen LogP contribution in [0.15, 0.2) is 0 Å². The minimum Gasteiger partial charge on any atom is -0.480 e. The van der Waals surface area contributed by atoms with Gasteiger partial charge in [0.25, 0.3) is 0 Å². The number of carbonyl (C=O) groups excluding carboxylic acids is 3. The molecule has 0 aliphatic carbocycles. The molecule has 0 aromatic carbocycles. The molecule has 1 heterocycles. The Bertz CT molecular complexity index is 626. The smallest absolute Gasteiger partial charge is 0.326 e. The number of nitrogens with zero attached hydrogens (tertiary/aromatic N) is 1. The zero-order chi connectivity index (χ0) is 23.0. The van der Waals surface area contributed by atoms with Crippen LogP contribution in [-0.4, -0.2) is 76.1 Å². The molecule has 5 atom stereocenters. The maximum absolute atomic E-state index is 12.7. The van der Waals surface area contributed by atoms with Crippen molar-refractivity contribution in [2.75, 3.05) is 13.2 Å². The first kappa shape index (κ1) is 25.8. The fourth-order valence-corrected chi connectivity index (χ4v) is 3.42. The van der Waals surface area contributed by atoms with Gasteiger partial charge in [0.05, 0.1) is 12.6 Å². The Morgan fingerprint density at radius 1 is 1.13 bits per heavy atom. The predicted octanol–water partition coefficient (Wildman–Crippen LogP) is -0.557. The van der Waals surface area contributed by atoms with Crippen molar-refractivity contribution in [3.05, 3.63) is 0 Å². The average Bonchev–Trinajstić information content (AvgIpc) is 3.18. The number of aliphatic carboxylic acids is 1.